The van der Waals surface area contributed by atoms with Crippen molar-refractivity contribution in [2.24, 2.45) is 0 Å². The van der Waals surface area contributed by atoms with E-state index in [2.05, 4.69) is 22.2 Å². The molecule has 1 aromatic heterocycles. The summed E-state index contributed by atoms with van der Waals surface area (Å²) in [4.78, 5) is 8.96. The van der Waals surface area contributed by atoms with Crippen LogP contribution in [0, 0.1) is 0 Å². The van der Waals surface area contributed by atoms with Gasteiger partial charge < -0.3 is 5.32 Å². The molecular weight excluding hydrogens is 186 g/mol. The molecule has 0 amide bonds. The van der Waals surface area contributed by atoms with Crippen LogP contribution in [0.2, 0.25) is 0 Å². The van der Waals surface area contributed by atoms with Gasteiger partial charge in [-0.05, 0) is 37.9 Å². The van der Waals surface area contributed by atoms with Gasteiger partial charge in [0, 0.05) is 18.3 Å². The summed E-state index contributed by atoms with van der Waals surface area (Å²) in [6.07, 6.45) is 8.59. The van der Waals surface area contributed by atoms with Gasteiger partial charge in [-0.25, -0.2) is 9.97 Å². The number of aryl methyl sites for hydroxylation is 1. The van der Waals surface area contributed by atoms with E-state index in [0.29, 0.717) is 5.92 Å². The Bertz CT molecular complexity index is 288. The first kappa shape index (κ1) is 10.6. The van der Waals surface area contributed by atoms with Crippen molar-refractivity contribution in [3.05, 3.63) is 23.8 Å². The lowest BCUT2D eigenvalue weighted by atomic mass is 9.97. The molecule has 15 heavy (non-hydrogen) atoms. The molecule has 3 nitrogen and oxygen atoms in total. The quantitative estimate of drug-likeness (QED) is 0.819. The van der Waals surface area contributed by atoms with Crippen LogP contribution in [0.25, 0.3) is 0 Å². The summed E-state index contributed by atoms with van der Waals surface area (Å²) >= 11 is 0. The monoisotopic (exact) mass is 205 g/mol. The Morgan fingerprint density at radius 2 is 1.93 bits per heavy atom. The maximum Gasteiger partial charge on any atom is 0.131 e. The highest BCUT2D eigenvalue weighted by Gasteiger charge is 2.17. The molecule has 1 aliphatic rings. The van der Waals surface area contributed by atoms with E-state index in [0.717, 1.165) is 31.8 Å². The molecule has 0 aliphatic carbocycles. The maximum atomic E-state index is 4.48. The van der Waals surface area contributed by atoms with Crippen LogP contribution in [-0.2, 0) is 6.42 Å². The highest BCUT2D eigenvalue weighted by atomic mass is 14.9. The number of piperidine rings is 1. The average Bonchev–Trinajstić information content (AvgIpc) is 2.32. The highest BCUT2D eigenvalue weighted by molar-refractivity contribution is 5.08. The normalized spacial score (nSPS) is 17.9. The zero-order valence-electron chi connectivity index (χ0n) is 9.37. The third-order valence-electron chi connectivity index (χ3n) is 2.97. The van der Waals surface area contributed by atoms with Crippen LogP contribution in [0.5, 0.6) is 0 Å². The summed E-state index contributed by atoms with van der Waals surface area (Å²) < 4.78 is 0. The molecule has 0 saturated carbocycles. The van der Waals surface area contributed by atoms with Gasteiger partial charge >= 0.3 is 0 Å². The number of hydrogen-bond acceptors (Lipinski definition) is 3. The first-order valence-electron chi connectivity index (χ1n) is 5.91. The Labute approximate surface area is 91.3 Å². The van der Waals surface area contributed by atoms with Crippen LogP contribution < -0.4 is 5.32 Å². The minimum absolute atomic E-state index is 0.571. The molecule has 1 saturated heterocycles. The third-order valence-corrected chi connectivity index (χ3v) is 2.97. The summed E-state index contributed by atoms with van der Waals surface area (Å²) in [5, 5.41) is 3.36. The molecule has 0 bridgehead atoms. The van der Waals surface area contributed by atoms with Gasteiger partial charge in [0.15, 0.2) is 0 Å². The Morgan fingerprint density at radius 3 is 2.53 bits per heavy atom. The largest absolute Gasteiger partial charge is 0.317 e. The van der Waals surface area contributed by atoms with E-state index in [-0.39, 0.29) is 0 Å². The molecule has 0 atom stereocenters. The smallest absolute Gasteiger partial charge is 0.131 e. The van der Waals surface area contributed by atoms with Crippen molar-refractivity contribution in [1.82, 2.24) is 15.3 Å². The van der Waals surface area contributed by atoms with Gasteiger partial charge in [-0.1, -0.05) is 13.3 Å². The van der Waals surface area contributed by atoms with E-state index < -0.39 is 0 Å². The molecular formula is C12H19N3. The number of nitrogens with zero attached hydrogens (tertiary/aromatic N) is 2. The fraction of sp³-hybridized carbons (Fsp3) is 0.667. The average molecular weight is 205 g/mol. The molecule has 0 aromatic carbocycles. The fourth-order valence-corrected chi connectivity index (χ4v) is 2.07. The Hall–Kier alpha value is -0.960. The van der Waals surface area contributed by atoms with Crippen molar-refractivity contribution in [2.75, 3.05) is 13.1 Å². The summed E-state index contributed by atoms with van der Waals surface area (Å²) in [5.74, 6) is 1.61. The molecule has 1 fully saturated rings. The first-order chi connectivity index (χ1) is 7.40. The highest BCUT2D eigenvalue weighted by Crippen LogP contribution is 2.21. The molecule has 0 radical (unpaired) electrons. The Morgan fingerprint density at radius 1 is 1.27 bits per heavy atom. The van der Waals surface area contributed by atoms with Gasteiger partial charge in [-0.15, -0.1) is 0 Å². The summed E-state index contributed by atoms with van der Waals surface area (Å²) in [6, 6.07) is 0. The zero-order valence-corrected chi connectivity index (χ0v) is 9.37. The Balaban J connectivity index is 2.02. The molecule has 1 N–H and O–H groups in total. The number of nitrogens with one attached hydrogen (secondary N) is 1. The van der Waals surface area contributed by atoms with Crippen molar-refractivity contribution in [3.63, 3.8) is 0 Å². The van der Waals surface area contributed by atoms with Gasteiger partial charge in [0.1, 0.15) is 5.82 Å². The van der Waals surface area contributed by atoms with Crippen molar-refractivity contribution < 1.29 is 0 Å². The Kier molecular flexibility index (Phi) is 3.67. The molecule has 2 rings (SSSR count). The van der Waals surface area contributed by atoms with Crippen LogP contribution in [0.3, 0.4) is 0 Å². The molecule has 1 aromatic rings. The van der Waals surface area contributed by atoms with Crippen LogP contribution in [0.1, 0.15) is 43.5 Å². The van der Waals surface area contributed by atoms with Gasteiger partial charge in [-0.2, -0.15) is 0 Å². The molecule has 1 aliphatic heterocycles. The second-order valence-corrected chi connectivity index (χ2v) is 4.22. The third kappa shape index (κ3) is 2.75. The second kappa shape index (κ2) is 5.21. The fourth-order valence-electron chi connectivity index (χ4n) is 2.07. The molecule has 3 heteroatoms. The molecule has 0 unspecified atom stereocenters. The van der Waals surface area contributed by atoms with E-state index in [1.165, 1.54) is 18.4 Å². The predicted octanol–water partition coefficient (Wildman–Crippen LogP) is 1.90. The predicted molar refractivity (Wildman–Crippen MR) is 60.9 cm³/mol. The number of aromatic nitrogens is 2. The lowest BCUT2D eigenvalue weighted by Gasteiger charge is -2.21. The van der Waals surface area contributed by atoms with Crippen molar-refractivity contribution in [3.8, 4) is 0 Å². The second-order valence-electron chi connectivity index (χ2n) is 4.22. The number of hydrogen-bond donors (Lipinski definition) is 1. The van der Waals surface area contributed by atoms with E-state index in [1.54, 1.807) is 0 Å². The van der Waals surface area contributed by atoms with E-state index in [4.69, 9.17) is 0 Å². The lowest BCUT2D eigenvalue weighted by Crippen LogP contribution is -2.27. The van der Waals surface area contributed by atoms with Gasteiger partial charge in [-0.3, -0.25) is 0 Å². The maximum absolute atomic E-state index is 4.48. The van der Waals surface area contributed by atoms with Gasteiger partial charge in [0.05, 0.1) is 0 Å². The zero-order chi connectivity index (χ0) is 10.5. The summed E-state index contributed by atoms with van der Waals surface area (Å²) in [7, 11) is 0. The SMILES string of the molecule is CCCc1cnc(C2CCNCC2)nc1. The van der Waals surface area contributed by atoms with E-state index >= 15 is 0 Å². The topological polar surface area (TPSA) is 37.8 Å². The minimum Gasteiger partial charge on any atom is -0.317 e. The van der Waals surface area contributed by atoms with Crippen molar-refractivity contribution >= 4 is 0 Å². The van der Waals surface area contributed by atoms with Crippen LogP contribution in [-0.4, -0.2) is 23.1 Å². The molecule has 82 valence electrons. The van der Waals surface area contributed by atoms with Crippen LogP contribution in [0.4, 0.5) is 0 Å². The molecule has 2 heterocycles. The van der Waals surface area contributed by atoms with Crippen molar-refractivity contribution in [1.29, 1.82) is 0 Å². The standard InChI is InChI=1S/C12H19N3/c1-2-3-10-8-14-12(15-9-10)11-4-6-13-7-5-11/h8-9,11,13H,2-7H2,1H3. The summed E-state index contributed by atoms with van der Waals surface area (Å²) in [5.41, 5.74) is 1.26. The van der Waals surface area contributed by atoms with Crippen LogP contribution >= 0.6 is 0 Å². The number of rotatable bonds is 3. The molecule has 0 spiro atoms. The summed E-state index contributed by atoms with van der Waals surface area (Å²) in [6.45, 7) is 4.39. The van der Waals surface area contributed by atoms with E-state index in [1.807, 2.05) is 12.4 Å². The van der Waals surface area contributed by atoms with Gasteiger partial charge in [0.2, 0.25) is 0 Å². The lowest BCUT2D eigenvalue weighted by molar-refractivity contribution is 0.444. The van der Waals surface area contributed by atoms with Crippen LogP contribution in [0.15, 0.2) is 12.4 Å². The van der Waals surface area contributed by atoms with Crippen molar-refractivity contribution in [2.45, 2.75) is 38.5 Å². The first-order valence-corrected chi connectivity index (χ1v) is 5.91. The minimum atomic E-state index is 0.571. The van der Waals surface area contributed by atoms with E-state index in [9.17, 15) is 0 Å². The van der Waals surface area contributed by atoms with Gasteiger partial charge in [0.25, 0.3) is 0 Å².